The van der Waals surface area contributed by atoms with Crippen LogP contribution in [0.25, 0.3) is 0 Å². The zero-order chi connectivity index (χ0) is 27.0. The monoisotopic (exact) mass is 544 g/mol. The third kappa shape index (κ3) is 4.86. The van der Waals surface area contributed by atoms with E-state index < -0.39 is 23.3 Å². The number of nitrogens with zero attached hydrogens (tertiary/aromatic N) is 4. The fraction of sp³-hybridized carbons (Fsp3) is 0.593. The Morgan fingerprint density at radius 1 is 1.24 bits per heavy atom. The minimum atomic E-state index is -1.13. The average molecular weight is 545 g/mol. The van der Waals surface area contributed by atoms with Crippen molar-refractivity contribution in [3.8, 4) is 5.75 Å². The number of likely N-dealkylation sites (tertiary alicyclic amines) is 1. The molecule has 3 aliphatic rings. The summed E-state index contributed by atoms with van der Waals surface area (Å²) in [5.41, 5.74) is 0.490. The first-order chi connectivity index (χ1) is 18.2. The molecule has 1 saturated heterocycles. The van der Waals surface area contributed by atoms with Gasteiger partial charge in [0.05, 0.1) is 17.4 Å². The largest absolute Gasteiger partial charge is 0.483 e. The molecular formula is C27H33ClN4O6. The first-order valence-electron chi connectivity index (χ1n) is 13.2. The topological polar surface area (TPSA) is 126 Å². The van der Waals surface area contributed by atoms with E-state index in [1.54, 1.807) is 35.8 Å². The van der Waals surface area contributed by atoms with Crippen LogP contribution in [0.4, 0.5) is 0 Å². The van der Waals surface area contributed by atoms with E-state index in [2.05, 4.69) is 10.1 Å². The number of fused-ring (bicyclic) bond motifs is 1. The maximum atomic E-state index is 14.2. The maximum Gasteiger partial charge on any atom is 0.310 e. The van der Waals surface area contributed by atoms with Crippen molar-refractivity contribution in [2.75, 3.05) is 19.6 Å². The fourth-order valence-electron chi connectivity index (χ4n) is 6.19. The predicted octanol–water partition coefficient (Wildman–Crippen LogP) is 3.94. The van der Waals surface area contributed by atoms with E-state index in [0.717, 1.165) is 30.4 Å². The molecular weight excluding hydrogens is 512 g/mol. The number of halogens is 1. The second-order valence-electron chi connectivity index (χ2n) is 10.7. The molecule has 2 aromatic rings. The molecule has 2 aliphatic heterocycles. The average Bonchev–Trinajstić information content (AvgIpc) is 3.50. The number of aromatic nitrogens is 2. The highest BCUT2D eigenvalue weighted by molar-refractivity contribution is 6.31. The number of rotatable bonds is 7. The second kappa shape index (κ2) is 10.6. The summed E-state index contributed by atoms with van der Waals surface area (Å²) >= 11 is 6.65. The molecule has 1 aromatic heterocycles. The van der Waals surface area contributed by atoms with Crippen LogP contribution < -0.4 is 4.74 Å². The SMILES string of the molecule is Cc1noc(COc2ccc(Cl)c3c2[C@@H](CN2CCCC2=O)N(C(=O)[C@@H]2CCCC[C@]2(C)C(=O)O)CC3)n1. The van der Waals surface area contributed by atoms with Gasteiger partial charge in [0.2, 0.25) is 11.8 Å². The summed E-state index contributed by atoms with van der Waals surface area (Å²) in [6.45, 7) is 4.74. The fourth-order valence-corrected chi connectivity index (χ4v) is 6.45. The first-order valence-corrected chi connectivity index (χ1v) is 13.6. The molecule has 11 heteroatoms. The Balaban J connectivity index is 1.53. The van der Waals surface area contributed by atoms with Crippen molar-refractivity contribution in [3.63, 3.8) is 0 Å². The zero-order valence-electron chi connectivity index (χ0n) is 21.7. The summed E-state index contributed by atoms with van der Waals surface area (Å²) in [5.74, 6) is -0.380. The number of ether oxygens (including phenoxy) is 1. The molecule has 5 rings (SSSR count). The molecule has 38 heavy (non-hydrogen) atoms. The standard InChI is InChI=1S/C27H33ClN4O6/c1-16-29-22(38-30-16)15-37-21-9-8-19(28)17-10-13-32(20(24(17)21)14-31-12-5-7-23(31)33)25(34)18-6-3-4-11-27(18,2)26(35)36/h8-9,18,20H,3-7,10-15H2,1-2H3,(H,35,36)/t18-,20+,27-/m0/s1. The van der Waals surface area contributed by atoms with Gasteiger partial charge in [0.25, 0.3) is 5.89 Å². The third-order valence-electron chi connectivity index (χ3n) is 8.34. The highest BCUT2D eigenvalue weighted by Crippen LogP contribution is 2.46. The lowest BCUT2D eigenvalue weighted by Crippen LogP contribution is -2.52. The summed E-state index contributed by atoms with van der Waals surface area (Å²) in [4.78, 5) is 46.9. The van der Waals surface area contributed by atoms with Gasteiger partial charge in [0.15, 0.2) is 12.4 Å². The second-order valence-corrected chi connectivity index (χ2v) is 11.1. The molecule has 0 radical (unpaired) electrons. The van der Waals surface area contributed by atoms with Crippen molar-refractivity contribution >= 4 is 29.4 Å². The van der Waals surface area contributed by atoms with Crippen molar-refractivity contribution < 1.29 is 28.8 Å². The molecule has 1 saturated carbocycles. The van der Waals surface area contributed by atoms with E-state index in [-0.39, 0.29) is 18.4 Å². The van der Waals surface area contributed by atoms with Gasteiger partial charge in [-0.3, -0.25) is 14.4 Å². The smallest absolute Gasteiger partial charge is 0.310 e. The molecule has 3 atom stereocenters. The first kappa shape index (κ1) is 26.5. The lowest BCUT2D eigenvalue weighted by Gasteiger charge is -2.45. The zero-order valence-corrected chi connectivity index (χ0v) is 22.5. The molecule has 204 valence electrons. The molecule has 2 amide bonds. The summed E-state index contributed by atoms with van der Waals surface area (Å²) < 4.78 is 11.3. The van der Waals surface area contributed by atoms with Gasteiger partial charge in [-0.25, -0.2) is 0 Å². The number of amides is 2. The van der Waals surface area contributed by atoms with Crippen LogP contribution >= 0.6 is 11.6 Å². The number of carboxylic acid groups (broad SMARTS) is 1. The number of hydrogen-bond acceptors (Lipinski definition) is 7. The van der Waals surface area contributed by atoms with Gasteiger partial charge in [-0.2, -0.15) is 4.98 Å². The van der Waals surface area contributed by atoms with Gasteiger partial charge >= 0.3 is 5.97 Å². The van der Waals surface area contributed by atoms with Crippen LogP contribution in [-0.4, -0.2) is 62.5 Å². The van der Waals surface area contributed by atoms with E-state index >= 15 is 0 Å². The summed E-state index contributed by atoms with van der Waals surface area (Å²) in [5, 5.41) is 14.5. The molecule has 0 unspecified atom stereocenters. The van der Waals surface area contributed by atoms with Crippen molar-refractivity contribution in [2.24, 2.45) is 11.3 Å². The lowest BCUT2D eigenvalue weighted by atomic mass is 9.66. The summed E-state index contributed by atoms with van der Waals surface area (Å²) in [6, 6.07) is 3.01. The quantitative estimate of drug-likeness (QED) is 0.555. The van der Waals surface area contributed by atoms with Crippen LogP contribution in [0.5, 0.6) is 5.75 Å². The van der Waals surface area contributed by atoms with E-state index in [1.807, 2.05) is 0 Å². The van der Waals surface area contributed by atoms with Crippen LogP contribution in [0.3, 0.4) is 0 Å². The van der Waals surface area contributed by atoms with E-state index in [0.29, 0.717) is 67.8 Å². The van der Waals surface area contributed by atoms with E-state index in [4.69, 9.17) is 20.9 Å². The Morgan fingerprint density at radius 2 is 2.05 bits per heavy atom. The summed E-state index contributed by atoms with van der Waals surface area (Å²) in [7, 11) is 0. The summed E-state index contributed by atoms with van der Waals surface area (Å²) in [6.07, 6.45) is 4.31. The minimum absolute atomic E-state index is 0.0396. The highest BCUT2D eigenvalue weighted by Gasteiger charge is 2.50. The van der Waals surface area contributed by atoms with E-state index in [1.165, 1.54) is 0 Å². The Hall–Kier alpha value is -3.14. The molecule has 1 N–H and O–H groups in total. The van der Waals surface area contributed by atoms with Gasteiger partial charge in [0.1, 0.15) is 5.75 Å². The molecule has 1 aliphatic carbocycles. The number of aliphatic carboxylic acids is 1. The van der Waals surface area contributed by atoms with Crippen molar-refractivity contribution in [2.45, 2.75) is 71.4 Å². The van der Waals surface area contributed by atoms with Gasteiger partial charge in [-0.05, 0) is 57.2 Å². The van der Waals surface area contributed by atoms with Crippen LogP contribution in [0, 0.1) is 18.3 Å². The number of carbonyl (C=O) groups excluding carboxylic acids is 2. The molecule has 2 fully saturated rings. The van der Waals surface area contributed by atoms with Gasteiger partial charge < -0.3 is 24.2 Å². The van der Waals surface area contributed by atoms with Crippen molar-refractivity contribution in [1.82, 2.24) is 19.9 Å². The number of aryl methyl sites for hydroxylation is 1. The van der Waals surface area contributed by atoms with Crippen molar-refractivity contribution in [3.05, 3.63) is 40.0 Å². The molecule has 1 aromatic carbocycles. The number of hydrogen-bond donors (Lipinski definition) is 1. The predicted molar refractivity (Wildman–Crippen MR) is 136 cm³/mol. The Labute approximate surface area is 226 Å². The van der Waals surface area contributed by atoms with Crippen LogP contribution in [0.1, 0.15) is 74.3 Å². The number of benzene rings is 1. The van der Waals surface area contributed by atoms with Crippen LogP contribution in [0.15, 0.2) is 16.7 Å². The van der Waals surface area contributed by atoms with E-state index in [9.17, 15) is 19.5 Å². The molecule has 0 bridgehead atoms. The Morgan fingerprint density at radius 3 is 2.74 bits per heavy atom. The molecule has 0 spiro atoms. The van der Waals surface area contributed by atoms with Gasteiger partial charge in [0, 0.05) is 36.6 Å². The highest BCUT2D eigenvalue weighted by atomic mass is 35.5. The van der Waals surface area contributed by atoms with Gasteiger partial charge in [-0.15, -0.1) is 0 Å². The minimum Gasteiger partial charge on any atom is -0.483 e. The Kier molecular flexibility index (Phi) is 7.35. The van der Waals surface area contributed by atoms with Crippen LogP contribution in [-0.2, 0) is 27.4 Å². The van der Waals surface area contributed by atoms with Crippen molar-refractivity contribution in [1.29, 1.82) is 0 Å². The lowest BCUT2D eigenvalue weighted by molar-refractivity contribution is -0.162. The molecule has 3 heterocycles. The maximum absolute atomic E-state index is 14.2. The third-order valence-corrected chi connectivity index (χ3v) is 8.69. The molecule has 10 nitrogen and oxygen atoms in total. The normalized spacial score (nSPS) is 25.4. The van der Waals surface area contributed by atoms with Gasteiger partial charge in [-0.1, -0.05) is 29.6 Å². The number of carboxylic acids is 1. The van der Waals surface area contributed by atoms with Crippen LogP contribution in [0.2, 0.25) is 5.02 Å². The Bertz CT molecular complexity index is 1250. The number of carbonyl (C=O) groups is 3.